The summed E-state index contributed by atoms with van der Waals surface area (Å²) in [5.74, 6) is 0.994. The van der Waals surface area contributed by atoms with E-state index in [9.17, 15) is 0 Å². The summed E-state index contributed by atoms with van der Waals surface area (Å²) < 4.78 is 5.34. The molecule has 2 rings (SSSR count). The van der Waals surface area contributed by atoms with Crippen LogP contribution < -0.4 is 10.1 Å². The molecule has 17 heavy (non-hydrogen) atoms. The highest BCUT2D eigenvalue weighted by Gasteiger charge is 2.23. The largest absolute Gasteiger partial charge is 0.496 e. The topological polar surface area (TPSA) is 21.3 Å². The Morgan fingerprint density at radius 1 is 1.29 bits per heavy atom. The molecule has 0 spiro atoms. The highest BCUT2D eigenvalue weighted by molar-refractivity contribution is 5.43. The standard InChI is InChI=1S/C15H23NO/c1-10(16-14-6-7-14)9-13-5-8-15(17-4)12(3)11(13)2/h5,8,10,14,16H,6-7,9H2,1-4H3. The summed E-state index contributed by atoms with van der Waals surface area (Å²) in [5.41, 5.74) is 4.07. The first-order valence-electron chi connectivity index (χ1n) is 6.51. The lowest BCUT2D eigenvalue weighted by Crippen LogP contribution is -2.30. The van der Waals surface area contributed by atoms with E-state index in [2.05, 4.69) is 38.2 Å². The minimum Gasteiger partial charge on any atom is -0.496 e. The molecule has 2 nitrogen and oxygen atoms in total. The first kappa shape index (κ1) is 12.4. The summed E-state index contributed by atoms with van der Waals surface area (Å²) in [6, 6.07) is 5.63. The van der Waals surface area contributed by atoms with Crippen molar-refractivity contribution in [2.45, 2.75) is 52.1 Å². The Bertz CT molecular complexity index is 396. The molecular weight excluding hydrogens is 210 g/mol. The van der Waals surface area contributed by atoms with Gasteiger partial charge in [0.1, 0.15) is 5.75 Å². The van der Waals surface area contributed by atoms with E-state index in [4.69, 9.17) is 4.74 Å². The zero-order valence-electron chi connectivity index (χ0n) is 11.3. The fraction of sp³-hybridized carbons (Fsp3) is 0.600. The van der Waals surface area contributed by atoms with Crippen LogP contribution in [-0.2, 0) is 6.42 Å². The molecule has 0 radical (unpaired) electrons. The zero-order valence-corrected chi connectivity index (χ0v) is 11.3. The summed E-state index contributed by atoms with van der Waals surface area (Å²) in [7, 11) is 1.73. The van der Waals surface area contributed by atoms with Crippen LogP contribution in [0, 0.1) is 13.8 Å². The summed E-state index contributed by atoms with van der Waals surface area (Å²) in [6.45, 7) is 6.60. The number of hydrogen-bond donors (Lipinski definition) is 1. The predicted molar refractivity (Wildman–Crippen MR) is 71.8 cm³/mol. The van der Waals surface area contributed by atoms with E-state index in [1.807, 2.05) is 0 Å². The van der Waals surface area contributed by atoms with Crippen LogP contribution in [0.1, 0.15) is 36.5 Å². The van der Waals surface area contributed by atoms with Gasteiger partial charge in [0.05, 0.1) is 7.11 Å². The third-order valence-corrected chi connectivity index (χ3v) is 3.69. The van der Waals surface area contributed by atoms with Gasteiger partial charge in [-0.15, -0.1) is 0 Å². The highest BCUT2D eigenvalue weighted by atomic mass is 16.5. The third kappa shape index (κ3) is 3.01. The van der Waals surface area contributed by atoms with Gasteiger partial charge in [-0.25, -0.2) is 0 Å². The average molecular weight is 233 g/mol. The van der Waals surface area contributed by atoms with E-state index >= 15 is 0 Å². The molecular formula is C15H23NO. The van der Waals surface area contributed by atoms with Gasteiger partial charge in [-0.05, 0) is 62.8 Å². The number of benzene rings is 1. The van der Waals surface area contributed by atoms with Crippen LogP contribution in [0.25, 0.3) is 0 Å². The molecule has 1 aliphatic carbocycles. The van der Waals surface area contributed by atoms with Crippen molar-refractivity contribution in [2.75, 3.05) is 7.11 Å². The molecule has 1 saturated carbocycles. The Morgan fingerprint density at radius 3 is 2.59 bits per heavy atom. The van der Waals surface area contributed by atoms with Crippen LogP contribution in [-0.4, -0.2) is 19.2 Å². The molecule has 1 aromatic rings. The first-order chi connectivity index (χ1) is 8.11. The van der Waals surface area contributed by atoms with Crippen LogP contribution in [0.3, 0.4) is 0 Å². The molecule has 1 unspecified atom stereocenters. The smallest absolute Gasteiger partial charge is 0.122 e. The summed E-state index contributed by atoms with van der Waals surface area (Å²) in [4.78, 5) is 0. The fourth-order valence-electron chi connectivity index (χ4n) is 2.34. The van der Waals surface area contributed by atoms with Crippen LogP contribution in [0.2, 0.25) is 0 Å². The highest BCUT2D eigenvalue weighted by Crippen LogP contribution is 2.25. The molecule has 1 aromatic carbocycles. The zero-order chi connectivity index (χ0) is 12.4. The van der Waals surface area contributed by atoms with Crippen molar-refractivity contribution < 1.29 is 4.74 Å². The average Bonchev–Trinajstić information content (AvgIpc) is 3.09. The van der Waals surface area contributed by atoms with Crippen LogP contribution in [0.4, 0.5) is 0 Å². The Morgan fingerprint density at radius 2 is 2.00 bits per heavy atom. The van der Waals surface area contributed by atoms with Gasteiger partial charge in [-0.3, -0.25) is 0 Å². The van der Waals surface area contributed by atoms with Crippen molar-refractivity contribution in [1.82, 2.24) is 5.32 Å². The Labute approximate surface area is 104 Å². The molecule has 1 N–H and O–H groups in total. The monoisotopic (exact) mass is 233 g/mol. The van der Waals surface area contributed by atoms with Crippen molar-refractivity contribution >= 4 is 0 Å². The van der Waals surface area contributed by atoms with Crippen molar-refractivity contribution in [3.63, 3.8) is 0 Å². The van der Waals surface area contributed by atoms with Gasteiger partial charge in [-0.2, -0.15) is 0 Å². The van der Waals surface area contributed by atoms with Gasteiger partial charge in [0, 0.05) is 12.1 Å². The van der Waals surface area contributed by atoms with E-state index < -0.39 is 0 Å². The number of rotatable bonds is 5. The minimum atomic E-state index is 0.564. The molecule has 0 amide bonds. The molecule has 0 saturated heterocycles. The number of nitrogens with one attached hydrogen (secondary N) is 1. The van der Waals surface area contributed by atoms with Crippen molar-refractivity contribution in [1.29, 1.82) is 0 Å². The Balaban J connectivity index is 2.06. The third-order valence-electron chi connectivity index (χ3n) is 3.69. The van der Waals surface area contributed by atoms with Gasteiger partial charge in [0.15, 0.2) is 0 Å². The van der Waals surface area contributed by atoms with E-state index in [0.29, 0.717) is 6.04 Å². The summed E-state index contributed by atoms with van der Waals surface area (Å²) >= 11 is 0. The minimum absolute atomic E-state index is 0.564. The second kappa shape index (κ2) is 5.09. The molecule has 0 aliphatic heterocycles. The molecule has 0 heterocycles. The number of ether oxygens (including phenoxy) is 1. The van der Waals surface area contributed by atoms with E-state index in [1.54, 1.807) is 7.11 Å². The second-order valence-electron chi connectivity index (χ2n) is 5.22. The quantitative estimate of drug-likeness (QED) is 0.844. The van der Waals surface area contributed by atoms with E-state index in [1.165, 1.54) is 29.5 Å². The molecule has 1 aliphatic rings. The maximum atomic E-state index is 5.34. The maximum absolute atomic E-state index is 5.34. The summed E-state index contributed by atoms with van der Waals surface area (Å²) in [6.07, 6.45) is 3.81. The van der Waals surface area contributed by atoms with Gasteiger partial charge < -0.3 is 10.1 Å². The van der Waals surface area contributed by atoms with E-state index in [-0.39, 0.29) is 0 Å². The lowest BCUT2D eigenvalue weighted by atomic mass is 9.97. The normalized spacial score (nSPS) is 16.9. The molecule has 2 heteroatoms. The molecule has 0 bridgehead atoms. The van der Waals surface area contributed by atoms with Crippen LogP contribution >= 0.6 is 0 Å². The van der Waals surface area contributed by atoms with Crippen LogP contribution in [0.5, 0.6) is 5.75 Å². The van der Waals surface area contributed by atoms with Gasteiger partial charge in [0.2, 0.25) is 0 Å². The molecule has 1 atom stereocenters. The maximum Gasteiger partial charge on any atom is 0.122 e. The van der Waals surface area contributed by atoms with Crippen LogP contribution in [0.15, 0.2) is 12.1 Å². The SMILES string of the molecule is COc1ccc(CC(C)NC2CC2)c(C)c1C. The number of methoxy groups -OCH3 is 1. The molecule has 94 valence electrons. The second-order valence-corrected chi connectivity index (χ2v) is 5.22. The summed E-state index contributed by atoms with van der Waals surface area (Å²) in [5, 5.41) is 3.65. The van der Waals surface area contributed by atoms with Crippen molar-refractivity contribution in [2.24, 2.45) is 0 Å². The molecule has 1 fully saturated rings. The lowest BCUT2D eigenvalue weighted by Gasteiger charge is -2.17. The number of hydrogen-bond acceptors (Lipinski definition) is 2. The van der Waals surface area contributed by atoms with Crippen molar-refractivity contribution in [3.05, 3.63) is 28.8 Å². The fourth-order valence-corrected chi connectivity index (χ4v) is 2.34. The van der Waals surface area contributed by atoms with Gasteiger partial charge in [0.25, 0.3) is 0 Å². The van der Waals surface area contributed by atoms with E-state index in [0.717, 1.165) is 18.2 Å². The molecule has 0 aromatic heterocycles. The van der Waals surface area contributed by atoms with Gasteiger partial charge in [-0.1, -0.05) is 6.07 Å². The van der Waals surface area contributed by atoms with Gasteiger partial charge >= 0.3 is 0 Å². The predicted octanol–water partition coefficient (Wildman–Crippen LogP) is 3.00. The lowest BCUT2D eigenvalue weighted by molar-refractivity contribution is 0.411. The first-order valence-corrected chi connectivity index (χ1v) is 6.51. The Hall–Kier alpha value is -1.02. The Kier molecular flexibility index (Phi) is 3.72. The van der Waals surface area contributed by atoms with Crippen molar-refractivity contribution in [3.8, 4) is 5.75 Å².